The molecule has 1 aliphatic heterocycles. The van der Waals surface area contributed by atoms with E-state index in [1.807, 2.05) is 0 Å². The summed E-state index contributed by atoms with van der Waals surface area (Å²) in [6, 6.07) is 4.43. The number of likely N-dealkylation sites (tertiary alicyclic amines) is 1. The molecule has 1 aliphatic rings. The lowest BCUT2D eigenvalue weighted by atomic mass is 9.93. The second-order valence-electron chi connectivity index (χ2n) is 6.26. The molecule has 1 fully saturated rings. The van der Waals surface area contributed by atoms with Crippen LogP contribution in [0.1, 0.15) is 36.0 Å². The van der Waals surface area contributed by atoms with Crippen LogP contribution in [0.15, 0.2) is 12.1 Å². The number of aryl methyl sites for hydroxylation is 2. The minimum atomic E-state index is -0.0835. The summed E-state index contributed by atoms with van der Waals surface area (Å²) in [7, 11) is 3.19. The summed E-state index contributed by atoms with van der Waals surface area (Å²) in [5, 5.41) is 0. The summed E-state index contributed by atoms with van der Waals surface area (Å²) >= 11 is 0. The molecular formula is C18H27NO3. The first-order chi connectivity index (χ1) is 10.5. The van der Waals surface area contributed by atoms with Crippen molar-refractivity contribution >= 4 is 5.97 Å². The molecule has 0 amide bonds. The van der Waals surface area contributed by atoms with Crippen LogP contribution in [-0.2, 0) is 16.1 Å². The molecular weight excluding hydrogens is 278 g/mol. The fourth-order valence-corrected chi connectivity index (χ4v) is 3.38. The van der Waals surface area contributed by atoms with Crippen LogP contribution in [-0.4, -0.2) is 38.2 Å². The van der Waals surface area contributed by atoms with Gasteiger partial charge in [-0.15, -0.1) is 0 Å². The molecule has 0 N–H and O–H groups in total. The first-order valence-electron chi connectivity index (χ1n) is 7.96. The van der Waals surface area contributed by atoms with Gasteiger partial charge >= 0.3 is 5.97 Å². The summed E-state index contributed by atoms with van der Waals surface area (Å²) < 4.78 is 10.2. The largest absolute Gasteiger partial charge is 0.496 e. The number of ether oxygens (including phenoxy) is 2. The van der Waals surface area contributed by atoms with Gasteiger partial charge < -0.3 is 9.47 Å². The normalized spacial score (nSPS) is 16.5. The molecule has 0 atom stereocenters. The number of esters is 1. The van der Waals surface area contributed by atoms with Crippen LogP contribution < -0.4 is 4.74 Å². The Balaban J connectivity index is 1.90. The Hall–Kier alpha value is -1.55. The van der Waals surface area contributed by atoms with Crippen molar-refractivity contribution < 1.29 is 14.3 Å². The monoisotopic (exact) mass is 305 g/mol. The molecule has 0 spiro atoms. The smallest absolute Gasteiger partial charge is 0.305 e. The molecule has 122 valence electrons. The van der Waals surface area contributed by atoms with E-state index in [2.05, 4.69) is 30.9 Å². The van der Waals surface area contributed by atoms with Crippen LogP contribution in [0.5, 0.6) is 5.75 Å². The Bertz CT molecular complexity index is 496. The Morgan fingerprint density at radius 2 is 1.77 bits per heavy atom. The average Bonchev–Trinajstić information content (AvgIpc) is 2.49. The molecule has 0 bridgehead atoms. The van der Waals surface area contributed by atoms with Crippen molar-refractivity contribution in [1.29, 1.82) is 0 Å². The lowest BCUT2D eigenvalue weighted by Crippen LogP contribution is -2.34. The van der Waals surface area contributed by atoms with Gasteiger partial charge in [-0.1, -0.05) is 12.1 Å². The Labute approximate surface area is 133 Å². The van der Waals surface area contributed by atoms with Gasteiger partial charge in [0.15, 0.2) is 0 Å². The standard InChI is InChI=1S/C18H27NO3/c1-13-9-16(10-14(2)18(13)22-4)12-19-7-5-15(6-8-19)11-17(20)21-3/h9-10,15H,5-8,11-12H2,1-4H3. The molecule has 1 saturated heterocycles. The molecule has 0 unspecified atom stereocenters. The number of piperidine rings is 1. The van der Waals surface area contributed by atoms with Crippen LogP contribution >= 0.6 is 0 Å². The van der Waals surface area contributed by atoms with E-state index in [0.717, 1.165) is 38.2 Å². The fourth-order valence-electron chi connectivity index (χ4n) is 3.38. The summed E-state index contributed by atoms with van der Waals surface area (Å²) in [6.45, 7) is 7.25. The number of nitrogens with zero attached hydrogens (tertiary/aromatic N) is 1. The SMILES string of the molecule is COC(=O)CC1CCN(Cc2cc(C)c(OC)c(C)c2)CC1. The van der Waals surface area contributed by atoms with E-state index in [1.54, 1.807) is 7.11 Å². The van der Waals surface area contributed by atoms with Gasteiger partial charge in [-0.25, -0.2) is 0 Å². The molecule has 4 nitrogen and oxygen atoms in total. The zero-order chi connectivity index (χ0) is 16.1. The van der Waals surface area contributed by atoms with E-state index in [0.29, 0.717) is 12.3 Å². The van der Waals surface area contributed by atoms with E-state index >= 15 is 0 Å². The number of rotatable bonds is 5. The molecule has 0 aromatic heterocycles. The highest BCUT2D eigenvalue weighted by Crippen LogP contribution is 2.26. The van der Waals surface area contributed by atoms with E-state index in [-0.39, 0.29) is 5.97 Å². The van der Waals surface area contributed by atoms with Crippen LogP contribution in [0.25, 0.3) is 0 Å². The van der Waals surface area contributed by atoms with Crippen molar-refractivity contribution in [2.45, 2.75) is 39.7 Å². The van der Waals surface area contributed by atoms with Gasteiger partial charge in [0.05, 0.1) is 14.2 Å². The highest BCUT2D eigenvalue weighted by Gasteiger charge is 2.22. The van der Waals surface area contributed by atoms with Crippen molar-refractivity contribution in [3.05, 3.63) is 28.8 Å². The van der Waals surface area contributed by atoms with Crippen LogP contribution in [0.4, 0.5) is 0 Å². The van der Waals surface area contributed by atoms with Crippen molar-refractivity contribution in [1.82, 2.24) is 4.90 Å². The Kier molecular flexibility index (Phi) is 5.83. The van der Waals surface area contributed by atoms with Gasteiger partial charge in [0, 0.05) is 13.0 Å². The van der Waals surface area contributed by atoms with Crippen molar-refractivity contribution in [3.8, 4) is 5.75 Å². The first-order valence-corrected chi connectivity index (χ1v) is 7.96. The Morgan fingerprint density at radius 1 is 1.18 bits per heavy atom. The average molecular weight is 305 g/mol. The molecule has 1 heterocycles. The summed E-state index contributed by atoms with van der Waals surface area (Å²) in [4.78, 5) is 13.8. The van der Waals surface area contributed by atoms with E-state index in [1.165, 1.54) is 23.8 Å². The fraction of sp³-hybridized carbons (Fsp3) is 0.611. The minimum Gasteiger partial charge on any atom is -0.496 e. The van der Waals surface area contributed by atoms with E-state index in [4.69, 9.17) is 9.47 Å². The topological polar surface area (TPSA) is 38.8 Å². The molecule has 0 radical (unpaired) electrons. The third-order valence-electron chi connectivity index (χ3n) is 4.52. The third kappa shape index (κ3) is 4.23. The molecule has 0 saturated carbocycles. The number of methoxy groups -OCH3 is 2. The number of carbonyl (C=O) groups excluding carboxylic acids is 1. The van der Waals surface area contributed by atoms with Crippen LogP contribution in [0.2, 0.25) is 0 Å². The zero-order valence-corrected chi connectivity index (χ0v) is 14.1. The van der Waals surface area contributed by atoms with Crippen LogP contribution in [0, 0.1) is 19.8 Å². The third-order valence-corrected chi connectivity index (χ3v) is 4.52. The maximum atomic E-state index is 11.3. The van der Waals surface area contributed by atoms with Crippen LogP contribution in [0.3, 0.4) is 0 Å². The first kappa shape index (κ1) is 16.8. The highest BCUT2D eigenvalue weighted by molar-refractivity contribution is 5.69. The van der Waals surface area contributed by atoms with Gasteiger partial charge in [0.1, 0.15) is 5.75 Å². The molecule has 1 aromatic carbocycles. The quantitative estimate of drug-likeness (QED) is 0.784. The maximum absolute atomic E-state index is 11.3. The summed E-state index contributed by atoms with van der Waals surface area (Å²) in [6.07, 6.45) is 2.71. The van der Waals surface area contributed by atoms with Gasteiger partial charge in [-0.3, -0.25) is 9.69 Å². The van der Waals surface area contributed by atoms with Crippen molar-refractivity contribution in [3.63, 3.8) is 0 Å². The molecule has 2 rings (SSSR count). The van der Waals surface area contributed by atoms with Gasteiger partial charge in [-0.2, -0.15) is 0 Å². The Morgan fingerprint density at radius 3 is 2.27 bits per heavy atom. The van der Waals surface area contributed by atoms with Crippen molar-refractivity contribution in [2.24, 2.45) is 5.92 Å². The summed E-state index contributed by atoms with van der Waals surface area (Å²) in [5.41, 5.74) is 3.72. The summed E-state index contributed by atoms with van der Waals surface area (Å²) in [5.74, 6) is 1.38. The lowest BCUT2D eigenvalue weighted by Gasteiger charge is -2.31. The van der Waals surface area contributed by atoms with Crippen molar-refractivity contribution in [2.75, 3.05) is 27.3 Å². The minimum absolute atomic E-state index is 0.0835. The number of hydrogen-bond acceptors (Lipinski definition) is 4. The second kappa shape index (κ2) is 7.63. The van der Waals surface area contributed by atoms with Gasteiger partial charge in [0.2, 0.25) is 0 Å². The molecule has 4 heteroatoms. The maximum Gasteiger partial charge on any atom is 0.305 e. The molecule has 0 aliphatic carbocycles. The predicted octanol–water partition coefficient (Wildman–Crippen LogP) is 3.09. The molecule has 22 heavy (non-hydrogen) atoms. The predicted molar refractivity (Wildman–Crippen MR) is 87.1 cm³/mol. The highest BCUT2D eigenvalue weighted by atomic mass is 16.5. The zero-order valence-electron chi connectivity index (χ0n) is 14.1. The lowest BCUT2D eigenvalue weighted by molar-refractivity contribution is -0.142. The number of carbonyl (C=O) groups is 1. The van der Waals surface area contributed by atoms with Gasteiger partial charge in [0.25, 0.3) is 0 Å². The molecule has 1 aromatic rings. The number of hydrogen-bond donors (Lipinski definition) is 0. The second-order valence-corrected chi connectivity index (χ2v) is 6.26. The number of benzene rings is 1. The van der Waals surface area contributed by atoms with E-state index < -0.39 is 0 Å². The van der Waals surface area contributed by atoms with Gasteiger partial charge in [-0.05, 0) is 62.4 Å². The van der Waals surface area contributed by atoms with E-state index in [9.17, 15) is 4.79 Å².